The van der Waals surface area contributed by atoms with Crippen molar-refractivity contribution < 1.29 is 8.85 Å². The van der Waals surface area contributed by atoms with E-state index in [2.05, 4.69) is 195 Å². The van der Waals surface area contributed by atoms with Crippen LogP contribution >= 0.6 is 0 Å². The van der Waals surface area contributed by atoms with Crippen molar-refractivity contribution in [3.63, 3.8) is 0 Å². The summed E-state index contributed by atoms with van der Waals surface area (Å²) in [5.41, 5.74) is 8.83. The van der Waals surface area contributed by atoms with Crippen LogP contribution in [0.4, 0.5) is 0 Å². The normalized spacial score (nSPS) is 13.2. The van der Waals surface area contributed by atoms with Crippen LogP contribution in [-0.4, -0.2) is 16.6 Å². The van der Waals surface area contributed by atoms with Gasteiger partial charge in [-0.15, -0.1) is 0 Å². The summed E-state index contributed by atoms with van der Waals surface area (Å²) in [6, 6.07) is 46.3. The first kappa shape index (κ1) is 35.4. The van der Waals surface area contributed by atoms with E-state index in [1.54, 1.807) is 0 Å². The van der Waals surface area contributed by atoms with Crippen LogP contribution in [0.3, 0.4) is 0 Å². The van der Waals surface area contributed by atoms with Gasteiger partial charge in [-0.25, -0.2) is 0 Å². The first-order chi connectivity index (χ1) is 22.5. The van der Waals surface area contributed by atoms with E-state index in [-0.39, 0.29) is 16.0 Å². The molecule has 0 radical (unpaired) electrons. The second kappa shape index (κ2) is 13.9. The Hall–Kier alpha value is -3.87. The molecule has 0 aromatic heterocycles. The highest BCUT2D eigenvalue weighted by molar-refractivity contribution is 6.75. The molecule has 2 nitrogen and oxygen atoms in total. The predicted octanol–water partition coefficient (Wildman–Crippen LogP) is 13.2. The highest BCUT2D eigenvalue weighted by Crippen LogP contribution is 2.39. The standard InChI is InChI=1S/C44H54O2Si2/c1-43(2,3)47(7,8)45-40-28-24-36(25-29-40)34-18-16-33(17-19-34)32-42(38-14-12-11-13-15-38)39-22-20-35(21-23-39)37-26-30-41(31-27-37)46-48(9,10)44(4,5)6/h11-31,42H,32H2,1-10H3. The maximum Gasteiger partial charge on any atom is 0.250 e. The number of hydrogen-bond acceptors (Lipinski definition) is 2. The van der Waals surface area contributed by atoms with Gasteiger partial charge in [-0.3, -0.25) is 0 Å². The molecule has 0 fully saturated rings. The van der Waals surface area contributed by atoms with Crippen LogP contribution in [0.25, 0.3) is 22.3 Å². The van der Waals surface area contributed by atoms with E-state index < -0.39 is 16.6 Å². The Morgan fingerprint density at radius 1 is 0.438 bits per heavy atom. The maximum absolute atomic E-state index is 6.51. The number of benzene rings is 5. The van der Waals surface area contributed by atoms with Gasteiger partial charge in [0.15, 0.2) is 0 Å². The molecule has 0 saturated heterocycles. The van der Waals surface area contributed by atoms with Gasteiger partial charge in [0.1, 0.15) is 11.5 Å². The van der Waals surface area contributed by atoms with Gasteiger partial charge in [0.2, 0.25) is 16.6 Å². The van der Waals surface area contributed by atoms with E-state index in [0.29, 0.717) is 0 Å². The fourth-order valence-corrected chi connectivity index (χ4v) is 7.48. The summed E-state index contributed by atoms with van der Waals surface area (Å²) in [5.74, 6) is 2.19. The molecule has 0 aliphatic carbocycles. The Balaban J connectivity index is 1.31. The van der Waals surface area contributed by atoms with Gasteiger partial charge >= 0.3 is 0 Å². The summed E-state index contributed by atoms with van der Waals surface area (Å²) in [4.78, 5) is 0. The van der Waals surface area contributed by atoms with Crippen molar-refractivity contribution in [2.45, 2.75) is 90.1 Å². The first-order valence-electron chi connectivity index (χ1n) is 17.4. The molecule has 0 aliphatic rings. The van der Waals surface area contributed by atoms with Gasteiger partial charge < -0.3 is 8.85 Å². The monoisotopic (exact) mass is 670 g/mol. The van der Waals surface area contributed by atoms with Crippen LogP contribution in [-0.2, 0) is 6.42 Å². The average Bonchev–Trinajstić information content (AvgIpc) is 3.04. The first-order valence-corrected chi connectivity index (χ1v) is 23.2. The molecule has 1 atom stereocenters. The zero-order valence-corrected chi connectivity index (χ0v) is 32.7. The summed E-state index contributed by atoms with van der Waals surface area (Å²) in [6.45, 7) is 22.8. The van der Waals surface area contributed by atoms with E-state index in [1.807, 2.05) is 0 Å². The van der Waals surface area contributed by atoms with E-state index in [0.717, 1.165) is 17.9 Å². The van der Waals surface area contributed by atoms with Gasteiger partial charge in [0, 0.05) is 5.92 Å². The third-order valence-corrected chi connectivity index (χ3v) is 19.4. The SMILES string of the molecule is CC(C)(C)[Si](C)(C)Oc1ccc(-c2ccc(CC(c3ccccc3)c3ccc(-c4ccc(O[Si](C)(C)C(C)(C)C)cc4)cc3)cc2)cc1. The topological polar surface area (TPSA) is 18.5 Å². The largest absolute Gasteiger partial charge is 0.544 e. The second-order valence-electron chi connectivity index (χ2n) is 16.3. The van der Waals surface area contributed by atoms with E-state index in [4.69, 9.17) is 8.85 Å². The maximum atomic E-state index is 6.51. The summed E-state index contributed by atoms with van der Waals surface area (Å²) < 4.78 is 13.0. The molecule has 0 heterocycles. The molecule has 5 aromatic carbocycles. The van der Waals surface area contributed by atoms with Crippen LogP contribution in [0.1, 0.15) is 64.2 Å². The molecule has 1 unspecified atom stereocenters. The molecule has 48 heavy (non-hydrogen) atoms. The zero-order chi connectivity index (χ0) is 34.7. The van der Waals surface area contributed by atoms with Gasteiger partial charge in [-0.2, -0.15) is 0 Å². The Labute approximate surface area is 292 Å². The Morgan fingerprint density at radius 2 is 0.771 bits per heavy atom. The molecular formula is C44H54O2Si2. The highest BCUT2D eigenvalue weighted by atomic mass is 28.4. The second-order valence-corrected chi connectivity index (χ2v) is 25.7. The van der Waals surface area contributed by atoms with Crippen LogP contribution in [0.5, 0.6) is 11.5 Å². The third kappa shape index (κ3) is 8.40. The highest BCUT2D eigenvalue weighted by Gasteiger charge is 2.39. The van der Waals surface area contributed by atoms with Crippen LogP contribution < -0.4 is 8.85 Å². The van der Waals surface area contributed by atoms with Crippen molar-refractivity contribution >= 4 is 16.6 Å². The van der Waals surface area contributed by atoms with Crippen molar-refractivity contribution in [1.29, 1.82) is 0 Å². The van der Waals surface area contributed by atoms with E-state index in [9.17, 15) is 0 Å². The Bertz CT molecular complexity index is 1760. The molecule has 0 saturated carbocycles. The minimum atomic E-state index is -1.87. The van der Waals surface area contributed by atoms with Crippen molar-refractivity contribution in [1.82, 2.24) is 0 Å². The van der Waals surface area contributed by atoms with Crippen molar-refractivity contribution in [3.05, 3.63) is 144 Å². The number of rotatable bonds is 10. The number of hydrogen-bond donors (Lipinski definition) is 0. The molecule has 5 aromatic rings. The Kier molecular flexibility index (Phi) is 10.3. The Morgan fingerprint density at radius 3 is 1.15 bits per heavy atom. The molecular weight excluding hydrogens is 617 g/mol. The van der Waals surface area contributed by atoms with Crippen LogP contribution in [0.2, 0.25) is 36.3 Å². The van der Waals surface area contributed by atoms with Gasteiger partial charge in [0.25, 0.3) is 0 Å². The van der Waals surface area contributed by atoms with Gasteiger partial charge in [-0.1, -0.05) is 145 Å². The summed E-state index contributed by atoms with van der Waals surface area (Å²) in [5, 5.41) is 0.347. The van der Waals surface area contributed by atoms with E-state index in [1.165, 1.54) is 38.9 Å². The van der Waals surface area contributed by atoms with Crippen LogP contribution in [0, 0.1) is 0 Å². The molecule has 250 valence electrons. The lowest BCUT2D eigenvalue weighted by Crippen LogP contribution is -2.43. The minimum Gasteiger partial charge on any atom is -0.544 e. The molecule has 5 rings (SSSR count). The lowest BCUT2D eigenvalue weighted by atomic mass is 9.85. The molecule has 4 heteroatoms. The smallest absolute Gasteiger partial charge is 0.250 e. The van der Waals surface area contributed by atoms with Crippen molar-refractivity contribution in [3.8, 4) is 33.8 Å². The van der Waals surface area contributed by atoms with Gasteiger partial charge in [-0.05, 0) is 106 Å². The molecule has 0 aliphatic heterocycles. The lowest BCUT2D eigenvalue weighted by molar-refractivity contribution is 0.492. The van der Waals surface area contributed by atoms with Crippen molar-refractivity contribution in [2.24, 2.45) is 0 Å². The predicted molar refractivity (Wildman–Crippen MR) is 211 cm³/mol. The zero-order valence-electron chi connectivity index (χ0n) is 30.7. The average molecular weight is 671 g/mol. The van der Waals surface area contributed by atoms with Gasteiger partial charge in [0.05, 0.1) is 0 Å². The fraction of sp³-hybridized carbons (Fsp3) is 0.318. The fourth-order valence-electron chi connectivity index (χ4n) is 5.42. The molecule has 0 spiro atoms. The summed E-state index contributed by atoms with van der Waals surface area (Å²) in [6.07, 6.45) is 0.933. The summed E-state index contributed by atoms with van der Waals surface area (Å²) >= 11 is 0. The molecule has 0 bridgehead atoms. The van der Waals surface area contributed by atoms with Crippen molar-refractivity contribution in [2.75, 3.05) is 0 Å². The van der Waals surface area contributed by atoms with Crippen LogP contribution in [0.15, 0.2) is 127 Å². The molecule has 0 N–H and O–H groups in total. The quantitative estimate of drug-likeness (QED) is 0.138. The van der Waals surface area contributed by atoms with E-state index >= 15 is 0 Å². The minimum absolute atomic E-state index is 0.172. The third-order valence-electron chi connectivity index (χ3n) is 10.6. The lowest BCUT2D eigenvalue weighted by Gasteiger charge is -2.36. The summed E-state index contributed by atoms with van der Waals surface area (Å²) in [7, 11) is -3.73. The molecule has 0 amide bonds.